The molecular weight excluding hydrogens is 345 g/mol. The number of halogens is 1. The van der Waals surface area contributed by atoms with Gasteiger partial charge in [0.25, 0.3) is 5.91 Å². The number of hydrogen-bond acceptors (Lipinski definition) is 3. The van der Waals surface area contributed by atoms with Crippen LogP contribution in [0.5, 0.6) is 0 Å². The van der Waals surface area contributed by atoms with Gasteiger partial charge in [0.2, 0.25) is 5.91 Å². The highest BCUT2D eigenvalue weighted by Crippen LogP contribution is 2.12. The normalized spacial score (nSPS) is 10.3. The van der Waals surface area contributed by atoms with Crippen LogP contribution in [0.1, 0.15) is 21.6 Å². The number of benzene rings is 2. The lowest BCUT2D eigenvalue weighted by Gasteiger charge is -2.08. The van der Waals surface area contributed by atoms with Crippen molar-refractivity contribution < 1.29 is 14.0 Å². The van der Waals surface area contributed by atoms with Gasteiger partial charge in [-0.05, 0) is 48.0 Å². The Morgan fingerprint density at radius 3 is 2.59 bits per heavy atom. The highest BCUT2D eigenvalue weighted by molar-refractivity contribution is 5.97. The Labute approximate surface area is 156 Å². The maximum Gasteiger partial charge on any atom is 0.251 e. The number of carbonyl (C=O) groups excluding carboxylic acids is 2. The van der Waals surface area contributed by atoms with Crippen LogP contribution in [0.3, 0.4) is 0 Å². The molecule has 27 heavy (non-hydrogen) atoms. The summed E-state index contributed by atoms with van der Waals surface area (Å²) in [7, 11) is 0. The van der Waals surface area contributed by atoms with Gasteiger partial charge in [0.15, 0.2) is 0 Å². The third kappa shape index (κ3) is 5.47. The minimum atomic E-state index is -0.383. The molecule has 0 atom stereocenters. The van der Waals surface area contributed by atoms with Gasteiger partial charge >= 0.3 is 0 Å². The Morgan fingerprint density at radius 1 is 0.963 bits per heavy atom. The Hall–Kier alpha value is -3.54. The fourth-order valence-electron chi connectivity index (χ4n) is 2.55. The molecule has 0 unspecified atom stereocenters. The maximum absolute atomic E-state index is 13.2. The molecule has 1 aromatic heterocycles. The van der Waals surface area contributed by atoms with E-state index in [4.69, 9.17) is 0 Å². The third-order valence-corrected chi connectivity index (χ3v) is 3.82. The van der Waals surface area contributed by atoms with E-state index in [-0.39, 0.29) is 24.1 Å². The first-order valence-electron chi connectivity index (χ1n) is 8.42. The fourth-order valence-corrected chi connectivity index (χ4v) is 2.55. The zero-order chi connectivity index (χ0) is 19.1. The van der Waals surface area contributed by atoms with Gasteiger partial charge < -0.3 is 10.6 Å². The summed E-state index contributed by atoms with van der Waals surface area (Å²) in [6.07, 6.45) is 1.71. The molecule has 3 rings (SSSR count). The van der Waals surface area contributed by atoms with Crippen LogP contribution < -0.4 is 10.6 Å². The van der Waals surface area contributed by atoms with Crippen LogP contribution in [0.25, 0.3) is 0 Å². The molecule has 2 amide bonds. The quantitative estimate of drug-likeness (QED) is 0.706. The predicted molar refractivity (Wildman–Crippen MR) is 101 cm³/mol. The van der Waals surface area contributed by atoms with Crippen molar-refractivity contribution in [3.63, 3.8) is 0 Å². The average Bonchev–Trinajstić information content (AvgIpc) is 2.67. The highest BCUT2D eigenvalue weighted by Gasteiger charge is 2.09. The van der Waals surface area contributed by atoms with Crippen molar-refractivity contribution >= 4 is 17.5 Å². The molecule has 1 heterocycles. The molecule has 0 fully saturated rings. The van der Waals surface area contributed by atoms with E-state index in [1.807, 2.05) is 12.1 Å². The standard InChI is InChI=1S/C21H18FN3O2/c22-17-7-3-5-15(11-17)12-20(26)25-18-9-4-6-16(13-18)21(27)24-14-19-8-1-2-10-23-19/h1-11,13H,12,14H2,(H,24,27)(H,25,26). The van der Waals surface area contributed by atoms with Gasteiger partial charge in [-0.25, -0.2) is 4.39 Å². The van der Waals surface area contributed by atoms with E-state index in [9.17, 15) is 14.0 Å². The van der Waals surface area contributed by atoms with Gasteiger partial charge in [0.1, 0.15) is 5.82 Å². The number of amides is 2. The molecule has 2 aromatic carbocycles. The van der Waals surface area contributed by atoms with Gasteiger partial charge in [-0.15, -0.1) is 0 Å². The summed E-state index contributed by atoms with van der Waals surface area (Å²) in [6, 6.07) is 18.0. The number of pyridine rings is 1. The first-order chi connectivity index (χ1) is 13.1. The molecule has 0 aliphatic heterocycles. The van der Waals surface area contributed by atoms with Crippen LogP contribution in [-0.4, -0.2) is 16.8 Å². The van der Waals surface area contributed by atoms with Gasteiger partial charge in [0, 0.05) is 17.4 Å². The monoisotopic (exact) mass is 363 g/mol. The predicted octanol–water partition coefficient (Wildman–Crippen LogP) is 3.33. The minimum Gasteiger partial charge on any atom is -0.346 e. The van der Waals surface area contributed by atoms with Crippen LogP contribution >= 0.6 is 0 Å². The highest BCUT2D eigenvalue weighted by atomic mass is 19.1. The van der Waals surface area contributed by atoms with Crippen LogP contribution in [0, 0.1) is 5.82 Å². The molecule has 5 nitrogen and oxygen atoms in total. The number of rotatable bonds is 6. The van der Waals surface area contributed by atoms with E-state index in [0.29, 0.717) is 23.4 Å². The molecule has 0 radical (unpaired) electrons. The van der Waals surface area contributed by atoms with E-state index >= 15 is 0 Å². The summed E-state index contributed by atoms with van der Waals surface area (Å²) < 4.78 is 13.2. The number of hydrogen-bond donors (Lipinski definition) is 2. The molecular formula is C21H18FN3O2. The molecule has 3 aromatic rings. The second-order valence-electron chi connectivity index (χ2n) is 5.94. The summed E-state index contributed by atoms with van der Waals surface area (Å²) >= 11 is 0. The average molecular weight is 363 g/mol. The number of nitrogens with zero attached hydrogens (tertiary/aromatic N) is 1. The number of aromatic nitrogens is 1. The fraction of sp³-hybridized carbons (Fsp3) is 0.0952. The second-order valence-corrected chi connectivity index (χ2v) is 5.94. The van der Waals surface area contributed by atoms with Crippen molar-refractivity contribution in [1.29, 1.82) is 0 Å². The molecule has 136 valence electrons. The summed E-state index contributed by atoms with van der Waals surface area (Å²) in [6.45, 7) is 0.315. The minimum absolute atomic E-state index is 0.0495. The van der Waals surface area contributed by atoms with Gasteiger partial charge in [0.05, 0.1) is 18.7 Å². The van der Waals surface area contributed by atoms with E-state index in [1.54, 1.807) is 48.7 Å². The van der Waals surface area contributed by atoms with Crippen molar-refractivity contribution in [3.8, 4) is 0 Å². The summed E-state index contributed by atoms with van der Waals surface area (Å²) in [5, 5.41) is 5.51. The Morgan fingerprint density at radius 2 is 1.81 bits per heavy atom. The molecule has 0 aliphatic carbocycles. The lowest BCUT2D eigenvalue weighted by atomic mass is 10.1. The summed E-state index contributed by atoms with van der Waals surface area (Å²) in [4.78, 5) is 28.6. The van der Waals surface area contributed by atoms with E-state index < -0.39 is 0 Å². The largest absolute Gasteiger partial charge is 0.346 e. The van der Waals surface area contributed by atoms with Crippen molar-refractivity contribution in [2.75, 3.05) is 5.32 Å². The Bertz CT molecular complexity index is 945. The van der Waals surface area contributed by atoms with Crippen molar-refractivity contribution in [2.24, 2.45) is 0 Å². The molecule has 0 saturated heterocycles. The molecule has 0 bridgehead atoms. The molecule has 0 spiro atoms. The van der Waals surface area contributed by atoms with Crippen LogP contribution in [-0.2, 0) is 17.8 Å². The first-order valence-corrected chi connectivity index (χ1v) is 8.42. The summed E-state index contributed by atoms with van der Waals surface area (Å²) in [5.41, 5.74) is 2.26. The smallest absolute Gasteiger partial charge is 0.251 e. The second kappa shape index (κ2) is 8.71. The zero-order valence-corrected chi connectivity index (χ0v) is 14.5. The Balaban J connectivity index is 1.59. The third-order valence-electron chi connectivity index (χ3n) is 3.82. The lowest BCUT2D eigenvalue weighted by Crippen LogP contribution is -2.23. The van der Waals surface area contributed by atoms with Crippen LogP contribution in [0.2, 0.25) is 0 Å². The van der Waals surface area contributed by atoms with Gasteiger partial charge in [-0.3, -0.25) is 14.6 Å². The lowest BCUT2D eigenvalue weighted by molar-refractivity contribution is -0.115. The topological polar surface area (TPSA) is 71.1 Å². The summed E-state index contributed by atoms with van der Waals surface area (Å²) in [5.74, 6) is -0.930. The number of nitrogens with one attached hydrogen (secondary N) is 2. The molecule has 0 aliphatic rings. The van der Waals surface area contributed by atoms with Crippen molar-refractivity contribution in [2.45, 2.75) is 13.0 Å². The molecule has 6 heteroatoms. The van der Waals surface area contributed by atoms with Crippen molar-refractivity contribution in [3.05, 3.63) is 95.6 Å². The van der Waals surface area contributed by atoms with Crippen LogP contribution in [0.4, 0.5) is 10.1 Å². The van der Waals surface area contributed by atoms with Gasteiger partial charge in [-0.2, -0.15) is 0 Å². The van der Waals surface area contributed by atoms with E-state index in [0.717, 1.165) is 5.69 Å². The zero-order valence-electron chi connectivity index (χ0n) is 14.5. The molecule has 2 N–H and O–H groups in total. The number of anilines is 1. The maximum atomic E-state index is 13.2. The van der Waals surface area contributed by atoms with E-state index in [2.05, 4.69) is 15.6 Å². The molecule has 0 saturated carbocycles. The van der Waals surface area contributed by atoms with Gasteiger partial charge in [-0.1, -0.05) is 24.3 Å². The van der Waals surface area contributed by atoms with Crippen molar-refractivity contribution in [1.82, 2.24) is 10.3 Å². The Kier molecular flexibility index (Phi) is 5.89. The first kappa shape index (κ1) is 18.3. The number of carbonyl (C=O) groups is 2. The SMILES string of the molecule is O=C(Cc1cccc(F)c1)Nc1cccc(C(=O)NCc2ccccn2)c1. The van der Waals surface area contributed by atoms with Crippen LogP contribution in [0.15, 0.2) is 72.9 Å². The van der Waals surface area contributed by atoms with E-state index in [1.165, 1.54) is 12.1 Å².